The van der Waals surface area contributed by atoms with E-state index >= 15 is 0 Å². The van der Waals surface area contributed by atoms with E-state index in [0.29, 0.717) is 11.2 Å². The number of phenols is 1. The van der Waals surface area contributed by atoms with E-state index in [1.807, 2.05) is 18.2 Å². The molecule has 0 bridgehead atoms. The Bertz CT molecular complexity index is 1830. The third kappa shape index (κ3) is 3.93. The lowest BCUT2D eigenvalue weighted by molar-refractivity contribution is -0.385. The smallest absolute Gasteiger partial charge is 0.271 e. The van der Waals surface area contributed by atoms with E-state index in [1.54, 1.807) is 16.7 Å². The molecule has 6 rings (SSSR count). The molecule has 0 radical (unpaired) electrons. The van der Waals surface area contributed by atoms with Gasteiger partial charge in [-0.15, -0.1) is 0 Å². The van der Waals surface area contributed by atoms with Gasteiger partial charge in [0.2, 0.25) is 0 Å². The van der Waals surface area contributed by atoms with Crippen molar-refractivity contribution in [1.29, 1.82) is 0 Å². The predicted molar refractivity (Wildman–Crippen MR) is 142 cm³/mol. The molecule has 37 heavy (non-hydrogen) atoms. The highest BCUT2D eigenvalue weighted by Crippen LogP contribution is 2.41. The average Bonchev–Trinajstić information content (AvgIpc) is 3.20. The van der Waals surface area contributed by atoms with E-state index in [-0.39, 0.29) is 37.4 Å². The Labute approximate surface area is 221 Å². The van der Waals surface area contributed by atoms with E-state index in [4.69, 9.17) is 4.99 Å². The van der Waals surface area contributed by atoms with Gasteiger partial charge in [-0.25, -0.2) is 9.38 Å². The summed E-state index contributed by atoms with van der Waals surface area (Å²) in [4.78, 5) is 29.9. The molecule has 0 spiro atoms. The number of nitro benzene ring substituents is 1. The number of hydrogen-bond donors (Lipinski definition) is 1. The van der Waals surface area contributed by atoms with Crippen LogP contribution in [0.15, 0.2) is 80.5 Å². The Hall–Kier alpha value is -3.89. The second kappa shape index (κ2) is 8.89. The zero-order valence-electron chi connectivity index (χ0n) is 19.0. The molecular weight excluding hydrogens is 561 g/mol. The first-order chi connectivity index (χ1) is 17.8. The minimum Gasteiger partial charge on any atom is -0.506 e. The van der Waals surface area contributed by atoms with Crippen LogP contribution in [0.1, 0.15) is 34.7 Å². The zero-order chi connectivity index (χ0) is 25.8. The fourth-order valence-electron chi connectivity index (χ4n) is 4.93. The van der Waals surface area contributed by atoms with E-state index < -0.39 is 11.0 Å². The number of rotatable bonds is 3. The summed E-state index contributed by atoms with van der Waals surface area (Å²) in [6.07, 6.45) is 2.93. The van der Waals surface area contributed by atoms with Crippen molar-refractivity contribution in [3.63, 3.8) is 0 Å². The van der Waals surface area contributed by atoms with Crippen molar-refractivity contribution >= 4 is 44.7 Å². The molecule has 2 aliphatic rings. The number of fused-ring (bicyclic) bond motifs is 3. The number of halogens is 2. The number of phenolic OH excluding ortho intramolecular Hbond substituents is 1. The Morgan fingerprint density at radius 1 is 1.16 bits per heavy atom. The van der Waals surface area contributed by atoms with Crippen LogP contribution >= 0.6 is 27.3 Å². The fourth-order valence-corrected chi connectivity index (χ4v) is 6.38. The van der Waals surface area contributed by atoms with Crippen molar-refractivity contribution in [2.45, 2.75) is 18.9 Å². The lowest BCUT2D eigenvalue weighted by atomic mass is 9.83. The van der Waals surface area contributed by atoms with Crippen LogP contribution in [0.25, 0.3) is 11.8 Å². The number of allylic oxidation sites excluding steroid dienone is 1. The lowest BCUT2D eigenvalue weighted by Crippen LogP contribution is -2.38. The van der Waals surface area contributed by atoms with E-state index in [9.17, 15) is 24.4 Å². The quantitative estimate of drug-likeness (QED) is 0.278. The van der Waals surface area contributed by atoms with Gasteiger partial charge in [0.05, 0.1) is 25.7 Å². The van der Waals surface area contributed by atoms with Crippen molar-refractivity contribution in [3.05, 3.63) is 129 Å². The van der Waals surface area contributed by atoms with Crippen LogP contribution in [0, 0.1) is 15.9 Å². The summed E-state index contributed by atoms with van der Waals surface area (Å²) in [6, 6.07) is 16.1. The topological polar surface area (TPSA) is 97.7 Å². The predicted octanol–water partition coefficient (Wildman–Crippen LogP) is 4.83. The van der Waals surface area contributed by atoms with Crippen LogP contribution in [0.4, 0.5) is 10.1 Å². The third-order valence-electron chi connectivity index (χ3n) is 6.63. The van der Waals surface area contributed by atoms with Gasteiger partial charge in [-0.1, -0.05) is 47.7 Å². The summed E-state index contributed by atoms with van der Waals surface area (Å²) >= 11 is 4.29. The van der Waals surface area contributed by atoms with Gasteiger partial charge in [0.15, 0.2) is 4.80 Å². The summed E-state index contributed by atoms with van der Waals surface area (Å²) in [5.74, 6) is -0.578. The van der Waals surface area contributed by atoms with Gasteiger partial charge in [0.25, 0.3) is 11.2 Å². The van der Waals surface area contributed by atoms with Crippen molar-refractivity contribution in [2.24, 2.45) is 4.99 Å². The summed E-state index contributed by atoms with van der Waals surface area (Å²) in [5, 5.41) is 21.9. The summed E-state index contributed by atoms with van der Waals surface area (Å²) in [7, 11) is 0. The molecule has 2 heterocycles. The van der Waals surface area contributed by atoms with Crippen LogP contribution in [0.2, 0.25) is 0 Å². The number of aryl methyl sites for hydroxylation is 1. The zero-order valence-corrected chi connectivity index (χ0v) is 21.4. The normalized spacial score (nSPS) is 16.6. The molecule has 0 unspecified atom stereocenters. The maximum Gasteiger partial charge on any atom is 0.271 e. The Balaban J connectivity index is 1.62. The number of aromatic hydroxyl groups is 1. The highest BCUT2D eigenvalue weighted by atomic mass is 79.9. The first-order valence-electron chi connectivity index (χ1n) is 11.4. The molecule has 0 fully saturated rings. The molecule has 10 heteroatoms. The van der Waals surface area contributed by atoms with Crippen LogP contribution in [0.5, 0.6) is 5.75 Å². The van der Waals surface area contributed by atoms with Crippen molar-refractivity contribution in [1.82, 2.24) is 4.57 Å². The summed E-state index contributed by atoms with van der Waals surface area (Å²) in [6.45, 7) is 0. The fraction of sp³-hybridized carbons (Fsp3) is 0.111. The lowest BCUT2D eigenvalue weighted by Gasteiger charge is -2.30. The maximum absolute atomic E-state index is 13.8. The highest BCUT2D eigenvalue weighted by Gasteiger charge is 2.32. The largest absolute Gasteiger partial charge is 0.506 e. The Kier molecular flexibility index (Phi) is 5.65. The first kappa shape index (κ1) is 23.5. The van der Waals surface area contributed by atoms with Crippen molar-refractivity contribution in [3.8, 4) is 5.75 Å². The minimum absolute atomic E-state index is 0.138. The van der Waals surface area contributed by atoms with Gasteiger partial charge in [-0.2, -0.15) is 0 Å². The monoisotopic (exact) mass is 577 g/mol. The van der Waals surface area contributed by atoms with Crippen LogP contribution in [0.3, 0.4) is 0 Å². The second-order valence-electron chi connectivity index (χ2n) is 8.79. The second-order valence-corrected chi connectivity index (χ2v) is 10.7. The molecule has 0 saturated carbocycles. The molecule has 1 aliphatic heterocycles. The van der Waals surface area contributed by atoms with Gasteiger partial charge < -0.3 is 5.11 Å². The molecule has 0 amide bonds. The Morgan fingerprint density at radius 2 is 1.92 bits per heavy atom. The summed E-state index contributed by atoms with van der Waals surface area (Å²) < 4.78 is 15.8. The Morgan fingerprint density at radius 3 is 2.68 bits per heavy atom. The number of benzene rings is 3. The molecule has 1 aromatic heterocycles. The average molecular weight is 578 g/mol. The summed E-state index contributed by atoms with van der Waals surface area (Å²) in [5.41, 5.74) is 4.30. The SMILES string of the molecule is O=c1/c(=C\c2cc([N+](=O)[O-])cc(Br)c2O)sc2n1[C@@H](c1ccc(F)cc1)C1=C(N=2)c2ccccc2CC1. The van der Waals surface area contributed by atoms with Crippen LogP contribution < -0.4 is 14.9 Å². The van der Waals surface area contributed by atoms with Crippen molar-refractivity contribution < 1.29 is 14.4 Å². The molecular formula is C27H17BrFN3O4S. The van der Waals surface area contributed by atoms with Gasteiger partial charge in [-0.3, -0.25) is 19.5 Å². The van der Waals surface area contributed by atoms with E-state index in [2.05, 4.69) is 22.0 Å². The molecule has 3 aromatic carbocycles. The van der Waals surface area contributed by atoms with E-state index in [0.717, 1.165) is 40.2 Å². The molecule has 184 valence electrons. The number of non-ortho nitro benzene ring substituents is 1. The number of thiazole rings is 1. The minimum atomic E-state index is -0.566. The maximum atomic E-state index is 13.8. The molecule has 1 atom stereocenters. The number of nitrogens with zero attached hydrogens (tertiary/aromatic N) is 3. The third-order valence-corrected chi connectivity index (χ3v) is 8.22. The molecule has 4 aromatic rings. The highest BCUT2D eigenvalue weighted by molar-refractivity contribution is 9.10. The molecule has 1 N–H and O–H groups in total. The van der Waals surface area contributed by atoms with Gasteiger partial charge in [0, 0.05) is 23.3 Å². The van der Waals surface area contributed by atoms with Gasteiger partial charge >= 0.3 is 0 Å². The van der Waals surface area contributed by atoms with E-state index in [1.165, 1.54) is 35.9 Å². The van der Waals surface area contributed by atoms with Crippen LogP contribution in [-0.2, 0) is 6.42 Å². The molecule has 1 aliphatic carbocycles. The number of hydrogen-bond acceptors (Lipinski definition) is 6. The number of aromatic nitrogens is 1. The van der Waals surface area contributed by atoms with Crippen molar-refractivity contribution in [2.75, 3.05) is 0 Å². The first-order valence-corrected chi connectivity index (χ1v) is 13.0. The standard InChI is InChI=1S/C27H17BrFN3O4S/c28-21-13-18(32(35)36)11-16(25(21)33)12-22-26(34)31-24(15-5-8-17(29)9-6-15)20-10-7-14-3-1-2-4-19(14)23(20)30-27(31)37-22/h1-6,8-9,11-13,24,33H,7,10H2/b22-12+/t24-/m0/s1. The molecule has 7 nitrogen and oxygen atoms in total. The van der Waals surface area contributed by atoms with Gasteiger partial charge in [0.1, 0.15) is 11.6 Å². The molecule has 0 saturated heterocycles. The van der Waals surface area contributed by atoms with Gasteiger partial charge in [-0.05, 0) is 63.7 Å². The number of nitro groups is 1. The van der Waals surface area contributed by atoms with Crippen LogP contribution in [-0.4, -0.2) is 14.6 Å².